The third kappa shape index (κ3) is 3.65. The molecule has 1 heterocycles. The van der Waals surface area contributed by atoms with Crippen LogP contribution in [0.3, 0.4) is 0 Å². The molecule has 1 N–H and O–H groups in total. The summed E-state index contributed by atoms with van der Waals surface area (Å²) in [5, 5.41) is 2.51. The summed E-state index contributed by atoms with van der Waals surface area (Å²) in [6.45, 7) is 10.4. The van der Waals surface area contributed by atoms with E-state index in [-0.39, 0.29) is 5.92 Å². The van der Waals surface area contributed by atoms with Crippen molar-refractivity contribution in [2.75, 3.05) is 18.1 Å². The highest BCUT2D eigenvalue weighted by Crippen LogP contribution is 2.28. The summed E-state index contributed by atoms with van der Waals surface area (Å²) in [4.78, 5) is 8.78. The van der Waals surface area contributed by atoms with Crippen molar-refractivity contribution in [3.05, 3.63) is 17.1 Å². The van der Waals surface area contributed by atoms with Gasteiger partial charge in [-0.15, -0.1) is 0 Å². The summed E-state index contributed by atoms with van der Waals surface area (Å²) >= 11 is 0. The number of nitrogens with one attached hydrogen (secondary N) is 1. The minimum atomic E-state index is -3.19. The summed E-state index contributed by atoms with van der Waals surface area (Å²) in [5.74, 6) is 1.40. The second-order valence-electron chi connectivity index (χ2n) is 5.09. The largest absolute Gasteiger partial charge is 0.370 e. The lowest BCUT2D eigenvalue weighted by Crippen LogP contribution is -2.16. The minimum absolute atomic E-state index is 0.289. The van der Waals surface area contributed by atoms with Gasteiger partial charge in [0.15, 0.2) is 9.84 Å². The summed E-state index contributed by atoms with van der Waals surface area (Å²) in [6, 6.07) is 0. The molecule has 5 nitrogen and oxygen atoms in total. The van der Waals surface area contributed by atoms with E-state index in [4.69, 9.17) is 0 Å². The van der Waals surface area contributed by atoms with Gasteiger partial charge >= 0.3 is 0 Å². The molecule has 0 aliphatic rings. The van der Waals surface area contributed by atoms with Crippen LogP contribution in [0.5, 0.6) is 0 Å². The highest BCUT2D eigenvalue weighted by atomic mass is 32.2. The van der Waals surface area contributed by atoms with Gasteiger partial charge in [0, 0.05) is 24.1 Å². The van der Waals surface area contributed by atoms with E-state index in [9.17, 15) is 8.42 Å². The second kappa shape index (κ2) is 5.86. The molecule has 6 heteroatoms. The Kier molecular flexibility index (Phi) is 4.90. The predicted molar refractivity (Wildman–Crippen MR) is 78.3 cm³/mol. The van der Waals surface area contributed by atoms with Crippen molar-refractivity contribution in [1.82, 2.24) is 9.97 Å². The first kappa shape index (κ1) is 15.9. The highest BCUT2D eigenvalue weighted by Gasteiger charge is 2.23. The van der Waals surface area contributed by atoms with Gasteiger partial charge in [-0.2, -0.15) is 0 Å². The third-order valence-electron chi connectivity index (χ3n) is 3.08. The van der Waals surface area contributed by atoms with E-state index in [1.807, 2.05) is 13.8 Å². The maximum atomic E-state index is 11.6. The Balaban J connectivity index is 3.40. The second-order valence-corrected chi connectivity index (χ2v) is 7.45. The lowest BCUT2D eigenvalue weighted by Gasteiger charge is -2.18. The number of aryl methyl sites for hydroxylation is 1. The van der Waals surface area contributed by atoms with Crippen molar-refractivity contribution in [2.45, 2.75) is 45.8 Å². The number of hydrogen-bond acceptors (Lipinski definition) is 5. The molecule has 0 radical (unpaired) electrons. The van der Waals surface area contributed by atoms with Gasteiger partial charge in [0.2, 0.25) is 0 Å². The van der Waals surface area contributed by atoms with E-state index in [0.717, 1.165) is 23.6 Å². The summed E-state index contributed by atoms with van der Waals surface area (Å²) in [5.41, 5.74) is 1.89. The van der Waals surface area contributed by atoms with Crippen molar-refractivity contribution in [1.29, 1.82) is 0 Å². The smallest absolute Gasteiger partial charge is 0.157 e. The predicted octanol–water partition coefficient (Wildman–Crippen LogP) is 2.45. The van der Waals surface area contributed by atoms with Gasteiger partial charge in [-0.1, -0.05) is 13.8 Å². The van der Waals surface area contributed by atoms with Gasteiger partial charge in [0.1, 0.15) is 16.9 Å². The fourth-order valence-electron chi connectivity index (χ4n) is 1.97. The van der Waals surface area contributed by atoms with Gasteiger partial charge in [0.05, 0.1) is 0 Å². The molecular weight excluding hydrogens is 262 g/mol. The van der Waals surface area contributed by atoms with Crippen LogP contribution in [0.1, 0.15) is 55.9 Å². The molecule has 0 saturated carbocycles. The van der Waals surface area contributed by atoms with Gasteiger partial charge in [-0.25, -0.2) is 18.4 Å². The van der Waals surface area contributed by atoms with E-state index in [2.05, 4.69) is 29.1 Å². The molecule has 0 amide bonds. The molecule has 1 unspecified atom stereocenters. The minimum Gasteiger partial charge on any atom is -0.370 e. The van der Waals surface area contributed by atoms with Crippen LogP contribution in [-0.2, 0) is 9.84 Å². The maximum absolute atomic E-state index is 11.6. The fraction of sp³-hybridized carbons (Fsp3) is 0.692. The van der Waals surface area contributed by atoms with Gasteiger partial charge in [0.25, 0.3) is 0 Å². The van der Waals surface area contributed by atoms with Gasteiger partial charge in [-0.05, 0) is 26.7 Å². The number of aromatic nitrogens is 2. The number of anilines is 1. The molecule has 1 aromatic rings. The summed E-state index contributed by atoms with van der Waals surface area (Å²) in [6.07, 6.45) is 1.21. The van der Waals surface area contributed by atoms with E-state index >= 15 is 0 Å². The summed E-state index contributed by atoms with van der Waals surface area (Å²) < 4.78 is 23.3. The van der Waals surface area contributed by atoms with Crippen LogP contribution in [0, 0.1) is 6.92 Å². The maximum Gasteiger partial charge on any atom is 0.157 e. The van der Waals surface area contributed by atoms with Crippen LogP contribution in [0.2, 0.25) is 0 Å². The Morgan fingerprint density at radius 2 is 1.79 bits per heavy atom. The number of sulfone groups is 1. The Labute approximate surface area is 115 Å². The van der Waals surface area contributed by atoms with Crippen molar-refractivity contribution in [3.8, 4) is 0 Å². The van der Waals surface area contributed by atoms with Crippen LogP contribution >= 0.6 is 0 Å². The molecule has 1 atom stereocenters. The van der Waals surface area contributed by atoms with Gasteiger partial charge in [-0.3, -0.25) is 0 Å². The molecule has 19 heavy (non-hydrogen) atoms. The van der Waals surface area contributed by atoms with E-state index in [1.54, 1.807) is 6.92 Å². The first-order valence-corrected chi connectivity index (χ1v) is 8.45. The number of rotatable bonds is 5. The molecule has 0 bridgehead atoms. The lowest BCUT2D eigenvalue weighted by atomic mass is 10.0. The van der Waals surface area contributed by atoms with Crippen molar-refractivity contribution in [3.63, 3.8) is 0 Å². The fourth-order valence-corrected chi connectivity index (χ4v) is 2.46. The van der Waals surface area contributed by atoms with Crippen LogP contribution in [0.15, 0.2) is 0 Å². The summed E-state index contributed by atoms with van der Waals surface area (Å²) in [7, 11) is -3.19. The molecule has 0 saturated heterocycles. The quantitative estimate of drug-likeness (QED) is 0.899. The van der Waals surface area contributed by atoms with Crippen molar-refractivity contribution < 1.29 is 8.42 Å². The molecule has 1 aromatic heterocycles. The van der Waals surface area contributed by atoms with E-state index in [0.29, 0.717) is 5.82 Å². The zero-order valence-electron chi connectivity index (χ0n) is 12.5. The molecular formula is C13H23N3O2S. The molecule has 0 spiro atoms. The zero-order chi connectivity index (χ0) is 14.8. The van der Waals surface area contributed by atoms with Crippen LogP contribution in [0.4, 0.5) is 5.82 Å². The zero-order valence-corrected chi connectivity index (χ0v) is 13.3. The first-order valence-electron chi connectivity index (χ1n) is 6.49. The Bertz CT molecular complexity index is 553. The topological polar surface area (TPSA) is 72.0 Å². The Morgan fingerprint density at radius 1 is 1.21 bits per heavy atom. The average molecular weight is 285 g/mol. The Morgan fingerprint density at radius 3 is 2.21 bits per heavy atom. The molecule has 1 rings (SSSR count). The van der Waals surface area contributed by atoms with Crippen molar-refractivity contribution in [2.24, 2.45) is 0 Å². The highest BCUT2D eigenvalue weighted by molar-refractivity contribution is 7.90. The van der Waals surface area contributed by atoms with Crippen molar-refractivity contribution >= 4 is 15.7 Å². The molecule has 0 aliphatic carbocycles. The first-order chi connectivity index (χ1) is 8.68. The SMILES string of the molecule is CCNc1nc(C(C)S(C)(=O)=O)nc(C)c1C(C)C. The van der Waals surface area contributed by atoms with Crippen LogP contribution in [0.25, 0.3) is 0 Å². The molecule has 108 valence electrons. The molecule has 0 aromatic carbocycles. The van der Waals surface area contributed by atoms with E-state index in [1.165, 1.54) is 6.26 Å². The third-order valence-corrected chi connectivity index (χ3v) is 4.58. The normalized spacial score (nSPS) is 13.6. The van der Waals surface area contributed by atoms with Crippen LogP contribution in [-0.4, -0.2) is 31.2 Å². The number of nitrogens with zero attached hydrogens (tertiary/aromatic N) is 2. The van der Waals surface area contributed by atoms with Crippen LogP contribution < -0.4 is 5.32 Å². The standard InChI is InChI=1S/C13H23N3O2S/c1-7-14-13-11(8(2)3)9(4)15-12(16-13)10(5)19(6,17)18/h8,10H,7H2,1-6H3,(H,14,15,16). The average Bonchev–Trinajstić information content (AvgIpc) is 2.25. The lowest BCUT2D eigenvalue weighted by molar-refractivity contribution is 0.588. The Hall–Kier alpha value is -1.17. The monoisotopic (exact) mass is 285 g/mol. The molecule has 0 fully saturated rings. The van der Waals surface area contributed by atoms with E-state index < -0.39 is 15.1 Å². The van der Waals surface area contributed by atoms with Gasteiger partial charge < -0.3 is 5.32 Å². The number of hydrogen-bond donors (Lipinski definition) is 1. The molecule has 0 aliphatic heterocycles.